The summed E-state index contributed by atoms with van der Waals surface area (Å²) in [5.41, 5.74) is -1.61. The van der Waals surface area contributed by atoms with Gasteiger partial charge in [-0.1, -0.05) is 17.8 Å². The van der Waals surface area contributed by atoms with E-state index in [1.807, 2.05) is 0 Å². The third-order valence-electron chi connectivity index (χ3n) is 2.61. The normalized spacial score (nSPS) is 9.64. The number of terminal acetylenes is 2. The maximum absolute atomic E-state index is 12.2. The molecule has 0 radical (unpaired) electrons. The van der Waals surface area contributed by atoms with Crippen LogP contribution in [0.3, 0.4) is 0 Å². The maximum atomic E-state index is 12.2. The lowest BCUT2D eigenvalue weighted by atomic mass is 9.81. The Morgan fingerprint density at radius 2 is 1.50 bits per heavy atom. The van der Waals surface area contributed by atoms with Crippen molar-refractivity contribution in [2.75, 3.05) is 26.4 Å². The van der Waals surface area contributed by atoms with E-state index >= 15 is 0 Å². The Morgan fingerprint density at radius 1 is 0.909 bits per heavy atom. The minimum atomic E-state index is -1.61. The Kier molecular flexibility index (Phi) is 10.0. The smallest absolute Gasteiger partial charge is 0.325 e. The number of hydrogen-bond donors (Lipinski definition) is 0. The summed E-state index contributed by atoms with van der Waals surface area (Å²) in [6.45, 7) is 3.78. The number of hydrogen-bond acceptors (Lipinski definition) is 5. The molecule has 0 saturated carbocycles. The highest BCUT2D eigenvalue weighted by Crippen LogP contribution is 2.30. The monoisotopic (exact) mass is 304 g/mol. The molecule has 0 amide bonds. The predicted molar refractivity (Wildman–Crippen MR) is 81.2 cm³/mol. The van der Waals surface area contributed by atoms with Gasteiger partial charge in [-0.25, -0.2) is 0 Å². The fourth-order valence-corrected chi connectivity index (χ4v) is 1.57. The van der Waals surface area contributed by atoms with Gasteiger partial charge >= 0.3 is 11.9 Å². The average Bonchev–Trinajstić information content (AvgIpc) is 2.50. The first-order chi connectivity index (χ1) is 10.6. The molecule has 0 aliphatic carbocycles. The zero-order chi connectivity index (χ0) is 16.8. The Balaban J connectivity index is 5.19. The molecular weight excluding hydrogens is 284 g/mol. The summed E-state index contributed by atoms with van der Waals surface area (Å²) < 4.78 is 14.9. The minimum Gasteiger partial charge on any atom is -0.465 e. The maximum Gasteiger partial charge on any atom is 0.325 e. The van der Waals surface area contributed by atoms with Crippen molar-refractivity contribution in [1.29, 1.82) is 0 Å². The van der Waals surface area contributed by atoms with Crippen molar-refractivity contribution >= 4 is 11.9 Å². The Labute approximate surface area is 131 Å². The Hall–Kier alpha value is -2.42. The van der Waals surface area contributed by atoms with Crippen LogP contribution < -0.4 is 0 Å². The van der Waals surface area contributed by atoms with Gasteiger partial charge in [-0.2, -0.15) is 0 Å². The van der Waals surface area contributed by atoms with E-state index in [4.69, 9.17) is 27.1 Å². The second-order valence-electron chi connectivity index (χ2n) is 4.13. The third kappa shape index (κ3) is 5.92. The lowest BCUT2D eigenvalue weighted by Gasteiger charge is -2.25. The second kappa shape index (κ2) is 11.3. The van der Waals surface area contributed by atoms with Crippen molar-refractivity contribution in [3.8, 4) is 36.5 Å². The van der Waals surface area contributed by atoms with Crippen LogP contribution in [0.4, 0.5) is 0 Å². The van der Waals surface area contributed by atoms with E-state index in [1.165, 1.54) is 0 Å². The topological polar surface area (TPSA) is 61.8 Å². The first kappa shape index (κ1) is 19.6. The van der Waals surface area contributed by atoms with Crippen molar-refractivity contribution in [2.24, 2.45) is 5.41 Å². The molecule has 0 atom stereocenters. The fraction of sp³-hybridized carbons (Fsp3) is 0.529. The summed E-state index contributed by atoms with van der Waals surface area (Å²) in [4.78, 5) is 24.4. The average molecular weight is 304 g/mol. The standard InChI is InChI=1S/C17H20O5/c1-5-11-17(15(18)21-7-3,16(19)22-8-4)12-9-10-14-20-13-6-2/h1-2H,7-8,11-14H2,3-4H3. The molecule has 0 unspecified atom stereocenters. The zero-order valence-corrected chi connectivity index (χ0v) is 12.9. The molecule has 118 valence electrons. The van der Waals surface area contributed by atoms with E-state index in [-0.39, 0.29) is 39.3 Å². The second-order valence-corrected chi connectivity index (χ2v) is 4.13. The van der Waals surface area contributed by atoms with Gasteiger partial charge in [0.25, 0.3) is 0 Å². The fourth-order valence-electron chi connectivity index (χ4n) is 1.57. The zero-order valence-electron chi connectivity index (χ0n) is 12.9. The Morgan fingerprint density at radius 3 is 1.95 bits per heavy atom. The van der Waals surface area contributed by atoms with E-state index in [2.05, 4.69) is 23.7 Å². The van der Waals surface area contributed by atoms with Crippen molar-refractivity contribution in [3.05, 3.63) is 0 Å². The molecule has 22 heavy (non-hydrogen) atoms. The molecule has 0 N–H and O–H groups in total. The molecule has 0 aliphatic rings. The summed E-state index contributed by atoms with van der Waals surface area (Å²) >= 11 is 0. The summed E-state index contributed by atoms with van der Waals surface area (Å²) in [5.74, 6) is 8.54. The van der Waals surface area contributed by atoms with Crippen LogP contribution in [0.15, 0.2) is 0 Å². The molecule has 0 heterocycles. The van der Waals surface area contributed by atoms with Gasteiger partial charge in [0.15, 0.2) is 5.41 Å². The van der Waals surface area contributed by atoms with Crippen LogP contribution in [0.1, 0.15) is 26.7 Å². The molecule has 0 aliphatic heterocycles. The summed E-state index contributed by atoms with van der Waals surface area (Å²) in [5, 5.41) is 0. The van der Waals surface area contributed by atoms with Gasteiger partial charge in [0.1, 0.15) is 13.2 Å². The molecule has 5 heteroatoms. The number of carbonyl (C=O) groups excluding carboxylic acids is 2. The minimum absolute atomic E-state index is 0.0992. The molecule has 0 fully saturated rings. The van der Waals surface area contributed by atoms with Crippen molar-refractivity contribution in [2.45, 2.75) is 26.7 Å². The summed E-state index contributed by atoms with van der Waals surface area (Å²) in [6, 6.07) is 0. The molecule has 0 aromatic carbocycles. The first-order valence-corrected chi connectivity index (χ1v) is 6.83. The van der Waals surface area contributed by atoms with Crippen LogP contribution in [-0.4, -0.2) is 38.4 Å². The largest absolute Gasteiger partial charge is 0.465 e. The third-order valence-corrected chi connectivity index (χ3v) is 2.61. The van der Waals surface area contributed by atoms with E-state index < -0.39 is 17.4 Å². The number of esters is 2. The van der Waals surface area contributed by atoms with Gasteiger partial charge in [0, 0.05) is 12.8 Å². The molecule has 0 rings (SSSR count). The van der Waals surface area contributed by atoms with Crippen LogP contribution in [0.5, 0.6) is 0 Å². The van der Waals surface area contributed by atoms with Crippen LogP contribution in [-0.2, 0) is 23.8 Å². The van der Waals surface area contributed by atoms with Crippen LogP contribution in [0.2, 0.25) is 0 Å². The molecule has 0 spiro atoms. The van der Waals surface area contributed by atoms with Crippen LogP contribution >= 0.6 is 0 Å². The van der Waals surface area contributed by atoms with Crippen LogP contribution in [0, 0.1) is 41.9 Å². The quantitative estimate of drug-likeness (QED) is 0.291. The lowest BCUT2D eigenvalue weighted by Crippen LogP contribution is -2.41. The van der Waals surface area contributed by atoms with Gasteiger partial charge in [-0.05, 0) is 13.8 Å². The van der Waals surface area contributed by atoms with Gasteiger partial charge < -0.3 is 14.2 Å². The van der Waals surface area contributed by atoms with E-state index in [9.17, 15) is 9.59 Å². The highest BCUT2D eigenvalue weighted by atomic mass is 16.6. The first-order valence-electron chi connectivity index (χ1n) is 6.83. The van der Waals surface area contributed by atoms with Gasteiger partial charge in [-0.3, -0.25) is 9.59 Å². The Bertz CT molecular complexity index is 492. The van der Waals surface area contributed by atoms with Crippen LogP contribution in [0.25, 0.3) is 0 Å². The number of rotatable bonds is 8. The van der Waals surface area contributed by atoms with Crippen molar-refractivity contribution < 1.29 is 23.8 Å². The molecular formula is C17H20O5. The molecule has 0 aromatic heterocycles. The van der Waals surface area contributed by atoms with E-state index in [1.54, 1.807) is 13.8 Å². The molecule has 5 nitrogen and oxygen atoms in total. The van der Waals surface area contributed by atoms with Gasteiger partial charge in [0.05, 0.1) is 13.2 Å². The number of ether oxygens (including phenoxy) is 3. The highest BCUT2D eigenvalue weighted by molar-refractivity contribution is 6.00. The molecule has 0 aromatic rings. The van der Waals surface area contributed by atoms with Crippen molar-refractivity contribution in [1.82, 2.24) is 0 Å². The summed E-state index contributed by atoms with van der Waals surface area (Å²) in [6.07, 6.45) is 10.1. The molecule has 0 saturated heterocycles. The van der Waals surface area contributed by atoms with E-state index in [0.717, 1.165) is 0 Å². The predicted octanol–water partition coefficient (Wildman–Crippen LogP) is 1.17. The SMILES string of the molecule is C#CCOCC#CCC(CC#C)(C(=O)OCC)C(=O)OCC. The van der Waals surface area contributed by atoms with Gasteiger partial charge in [0.2, 0.25) is 0 Å². The highest BCUT2D eigenvalue weighted by Gasteiger charge is 2.48. The van der Waals surface area contributed by atoms with Crippen molar-refractivity contribution in [3.63, 3.8) is 0 Å². The summed E-state index contributed by atoms with van der Waals surface area (Å²) in [7, 11) is 0. The lowest BCUT2D eigenvalue weighted by molar-refractivity contribution is -0.171. The van der Waals surface area contributed by atoms with E-state index in [0.29, 0.717) is 0 Å². The van der Waals surface area contributed by atoms with Gasteiger partial charge in [-0.15, -0.1) is 18.8 Å². The molecule has 0 bridgehead atoms. The number of carbonyl (C=O) groups is 2.